The molecule has 0 bridgehead atoms. The zero-order valence-corrected chi connectivity index (χ0v) is 14.4. The summed E-state index contributed by atoms with van der Waals surface area (Å²) in [5, 5.41) is 10.2. The predicted molar refractivity (Wildman–Crippen MR) is 95.9 cm³/mol. The van der Waals surface area contributed by atoms with Crippen molar-refractivity contribution in [2.75, 3.05) is 25.4 Å². The van der Waals surface area contributed by atoms with Gasteiger partial charge in [-0.2, -0.15) is 0 Å². The van der Waals surface area contributed by atoms with Crippen LogP contribution in [-0.2, 0) is 0 Å². The Balaban J connectivity index is 2.18. The second-order valence-corrected chi connectivity index (χ2v) is 6.17. The third-order valence-corrected chi connectivity index (χ3v) is 4.30. The molecule has 1 unspecified atom stereocenters. The quantitative estimate of drug-likeness (QED) is 0.445. The number of aliphatic hydroxyl groups is 1. The van der Waals surface area contributed by atoms with Crippen molar-refractivity contribution >= 4 is 5.69 Å². The highest BCUT2D eigenvalue weighted by atomic mass is 16.3. The van der Waals surface area contributed by atoms with E-state index >= 15 is 0 Å². The average Bonchev–Trinajstić information content (AvgIpc) is 2.53. The van der Waals surface area contributed by atoms with Crippen LogP contribution in [0.15, 0.2) is 24.3 Å². The van der Waals surface area contributed by atoms with Crippen LogP contribution in [0.25, 0.3) is 0 Å². The lowest BCUT2D eigenvalue weighted by molar-refractivity contribution is 0.155. The van der Waals surface area contributed by atoms with E-state index < -0.39 is 0 Å². The Morgan fingerprint density at radius 3 is 2.23 bits per heavy atom. The summed E-state index contributed by atoms with van der Waals surface area (Å²) in [5.74, 6) is 0. The van der Waals surface area contributed by atoms with Gasteiger partial charge in [0.25, 0.3) is 0 Å². The molecule has 0 aliphatic heterocycles. The van der Waals surface area contributed by atoms with Gasteiger partial charge in [-0.05, 0) is 56.6 Å². The van der Waals surface area contributed by atoms with Crippen LogP contribution in [-0.4, -0.2) is 29.6 Å². The van der Waals surface area contributed by atoms with Gasteiger partial charge >= 0.3 is 0 Å². The van der Waals surface area contributed by atoms with E-state index in [1.54, 1.807) is 0 Å². The normalized spacial score (nSPS) is 12.7. The van der Waals surface area contributed by atoms with E-state index in [-0.39, 0.29) is 6.10 Å². The van der Waals surface area contributed by atoms with Crippen molar-refractivity contribution in [1.82, 2.24) is 4.90 Å². The average molecular weight is 306 g/mol. The van der Waals surface area contributed by atoms with Crippen LogP contribution in [0, 0.1) is 0 Å². The van der Waals surface area contributed by atoms with Crippen LogP contribution in [0.4, 0.5) is 5.69 Å². The summed E-state index contributed by atoms with van der Waals surface area (Å²) < 4.78 is 0. The summed E-state index contributed by atoms with van der Waals surface area (Å²) in [6.45, 7) is 7.85. The Kier molecular flexibility index (Phi) is 9.93. The van der Waals surface area contributed by atoms with E-state index in [1.165, 1.54) is 38.6 Å². The second kappa shape index (κ2) is 11.5. The first kappa shape index (κ1) is 19.0. The molecule has 1 atom stereocenters. The lowest BCUT2D eigenvalue weighted by Crippen LogP contribution is -2.26. The number of nitrogens with two attached hydrogens (primary N) is 1. The fourth-order valence-electron chi connectivity index (χ4n) is 2.76. The SMILES string of the molecule is CCCCCCCN(CC)CCCC(O)c1ccc(N)cc1. The minimum Gasteiger partial charge on any atom is -0.399 e. The summed E-state index contributed by atoms with van der Waals surface area (Å²) in [5.41, 5.74) is 7.39. The maximum atomic E-state index is 10.2. The fourth-order valence-corrected chi connectivity index (χ4v) is 2.76. The van der Waals surface area contributed by atoms with Gasteiger partial charge in [0.15, 0.2) is 0 Å². The van der Waals surface area contributed by atoms with Crippen molar-refractivity contribution in [2.45, 2.75) is 64.9 Å². The first-order valence-electron chi connectivity index (χ1n) is 8.93. The molecule has 126 valence electrons. The van der Waals surface area contributed by atoms with Crippen LogP contribution in [0.2, 0.25) is 0 Å². The first-order chi connectivity index (χ1) is 10.7. The number of anilines is 1. The zero-order valence-electron chi connectivity index (χ0n) is 14.4. The molecule has 0 amide bonds. The van der Waals surface area contributed by atoms with Crippen LogP contribution >= 0.6 is 0 Å². The largest absolute Gasteiger partial charge is 0.399 e. The molecule has 1 aromatic carbocycles. The van der Waals surface area contributed by atoms with E-state index in [4.69, 9.17) is 5.73 Å². The van der Waals surface area contributed by atoms with E-state index in [0.29, 0.717) is 0 Å². The van der Waals surface area contributed by atoms with E-state index in [9.17, 15) is 5.11 Å². The molecule has 1 rings (SSSR count). The van der Waals surface area contributed by atoms with Crippen molar-refractivity contribution in [3.63, 3.8) is 0 Å². The molecule has 22 heavy (non-hydrogen) atoms. The maximum absolute atomic E-state index is 10.2. The molecule has 3 heteroatoms. The van der Waals surface area contributed by atoms with Crippen LogP contribution in [0.5, 0.6) is 0 Å². The molecular weight excluding hydrogens is 272 g/mol. The smallest absolute Gasteiger partial charge is 0.0790 e. The van der Waals surface area contributed by atoms with Gasteiger partial charge in [-0.3, -0.25) is 0 Å². The molecule has 1 aromatic rings. The number of hydrogen-bond acceptors (Lipinski definition) is 3. The van der Waals surface area contributed by atoms with Crippen molar-refractivity contribution in [3.05, 3.63) is 29.8 Å². The molecule has 0 aliphatic rings. The van der Waals surface area contributed by atoms with Gasteiger partial charge in [-0.15, -0.1) is 0 Å². The molecule has 0 saturated carbocycles. The summed E-state index contributed by atoms with van der Waals surface area (Å²) in [6.07, 6.45) is 8.16. The van der Waals surface area contributed by atoms with Gasteiger partial charge in [0, 0.05) is 5.69 Å². The molecule has 0 saturated heterocycles. The van der Waals surface area contributed by atoms with Gasteiger partial charge in [-0.1, -0.05) is 51.7 Å². The minimum absolute atomic E-state index is 0.371. The minimum atomic E-state index is -0.371. The monoisotopic (exact) mass is 306 g/mol. The number of benzene rings is 1. The van der Waals surface area contributed by atoms with Gasteiger partial charge in [-0.25, -0.2) is 0 Å². The van der Waals surface area contributed by atoms with Crippen molar-refractivity contribution in [1.29, 1.82) is 0 Å². The number of nitrogen functional groups attached to an aromatic ring is 1. The number of unbranched alkanes of at least 4 members (excludes halogenated alkanes) is 4. The second-order valence-electron chi connectivity index (χ2n) is 6.17. The van der Waals surface area contributed by atoms with E-state index in [0.717, 1.165) is 37.2 Å². The lowest BCUT2D eigenvalue weighted by atomic mass is 10.0. The van der Waals surface area contributed by atoms with Crippen LogP contribution in [0.3, 0.4) is 0 Å². The zero-order chi connectivity index (χ0) is 16.2. The topological polar surface area (TPSA) is 49.5 Å². The Morgan fingerprint density at radius 2 is 1.59 bits per heavy atom. The predicted octanol–water partition coefficient (Wildman–Crippen LogP) is 4.37. The number of hydrogen-bond donors (Lipinski definition) is 2. The standard InChI is InChI=1S/C19H34N2O/c1-3-5-6-7-8-15-21(4-2)16-9-10-19(22)17-11-13-18(20)14-12-17/h11-14,19,22H,3-10,15-16,20H2,1-2H3. The molecule has 3 N–H and O–H groups in total. The van der Waals surface area contributed by atoms with Crippen LogP contribution in [0.1, 0.15) is 70.5 Å². The number of nitrogens with zero attached hydrogens (tertiary/aromatic N) is 1. The highest BCUT2D eigenvalue weighted by molar-refractivity contribution is 5.39. The Hall–Kier alpha value is -1.06. The highest BCUT2D eigenvalue weighted by Crippen LogP contribution is 2.19. The summed E-state index contributed by atoms with van der Waals surface area (Å²) in [7, 11) is 0. The third-order valence-electron chi connectivity index (χ3n) is 4.30. The first-order valence-corrected chi connectivity index (χ1v) is 8.93. The molecular formula is C19H34N2O. The fraction of sp³-hybridized carbons (Fsp3) is 0.684. The Morgan fingerprint density at radius 1 is 0.955 bits per heavy atom. The molecule has 0 heterocycles. The summed E-state index contributed by atoms with van der Waals surface area (Å²) in [4.78, 5) is 2.50. The summed E-state index contributed by atoms with van der Waals surface area (Å²) in [6, 6.07) is 7.55. The van der Waals surface area contributed by atoms with E-state index in [1.807, 2.05) is 24.3 Å². The highest BCUT2D eigenvalue weighted by Gasteiger charge is 2.08. The van der Waals surface area contributed by atoms with E-state index in [2.05, 4.69) is 18.7 Å². The molecule has 0 fully saturated rings. The third kappa shape index (κ3) is 7.81. The van der Waals surface area contributed by atoms with Crippen molar-refractivity contribution < 1.29 is 5.11 Å². The Labute approximate surface area is 136 Å². The van der Waals surface area contributed by atoms with Crippen molar-refractivity contribution in [3.8, 4) is 0 Å². The molecule has 0 spiro atoms. The van der Waals surface area contributed by atoms with Crippen LogP contribution < -0.4 is 5.73 Å². The number of aliphatic hydroxyl groups excluding tert-OH is 1. The van der Waals surface area contributed by atoms with Gasteiger partial charge in [0.05, 0.1) is 6.10 Å². The lowest BCUT2D eigenvalue weighted by Gasteiger charge is -2.21. The number of rotatable bonds is 12. The summed E-state index contributed by atoms with van der Waals surface area (Å²) >= 11 is 0. The molecule has 0 aromatic heterocycles. The van der Waals surface area contributed by atoms with Crippen molar-refractivity contribution in [2.24, 2.45) is 0 Å². The molecule has 3 nitrogen and oxygen atoms in total. The Bertz CT molecular complexity index is 378. The van der Waals surface area contributed by atoms with Gasteiger partial charge in [0.1, 0.15) is 0 Å². The molecule has 0 aliphatic carbocycles. The molecule has 0 radical (unpaired) electrons. The van der Waals surface area contributed by atoms with Gasteiger partial charge in [0.2, 0.25) is 0 Å². The van der Waals surface area contributed by atoms with Gasteiger partial charge < -0.3 is 15.7 Å². The maximum Gasteiger partial charge on any atom is 0.0790 e.